The smallest absolute Gasteiger partial charge is 0.187 e. The van der Waals surface area contributed by atoms with Crippen molar-refractivity contribution in [3.8, 4) is 11.5 Å². The summed E-state index contributed by atoms with van der Waals surface area (Å²) in [6, 6.07) is 1.87. The summed E-state index contributed by atoms with van der Waals surface area (Å²) in [6.07, 6.45) is 3.42. The molecule has 0 atom stereocenters. The SMILES string of the molecule is CCNc1cc(Oc2cnc(C)nc2N)c(C(C)C)cn1. The van der Waals surface area contributed by atoms with Crippen molar-refractivity contribution >= 4 is 11.6 Å². The number of hydrogen-bond donors (Lipinski definition) is 2. The Balaban J connectivity index is 2.38. The van der Waals surface area contributed by atoms with Gasteiger partial charge >= 0.3 is 0 Å². The lowest BCUT2D eigenvalue weighted by molar-refractivity contribution is 0.469. The summed E-state index contributed by atoms with van der Waals surface area (Å²) in [6.45, 7) is 8.78. The summed E-state index contributed by atoms with van der Waals surface area (Å²) in [5.41, 5.74) is 6.90. The van der Waals surface area contributed by atoms with E-state index in [1.165, 1.54) is 0 Å². The fourth-order valence-corrected chi connectivity index (χ4v) is 1.92. The number of nitrogens with zero attached hydrogens (tertiary/aromatic N) is 3. The lowest BCUT2D eigenvalue weighted by atomic mass is 10.0. The quantitative estimate of drug-likeness (QED) is 0.878. The van der Waals surface area contributed by atoms with Crippen LogP contribution in [0.1, 0.15) is 38.1 Å². The minimum atomic E-state index is 0.288. The Morgan fingerprint density at radius 2 is 2.00 bits per heavy atom. The number of ether oxygens (including phenoxy) is 1. The third-order valence-electron chi connectivity index (χ3n) is 3.00. The highest BCUT2D eigenvalue weighted by molar-refractivity contribution is 5.51. The molecule has 3 N–H and O–H groups in total. The maximum absolute atomic E-state index is 5.91. The summed E-state index contributed by atoms with van der Waals surface area (Å²) >= 11 is 0. The molecule has 0 radical (unpaired) electrons. The van der Waals surface area contributed by atoms with Crippen molar-refractivity contribution in [2.75, 3.05) is 17.6 Å². The van der Waals surface area contributed by atoms with Crippen LogP contribution in [0.15, 0.2) is 18.5 Å². The largest absolute Gasteiger partial charge is 0.451 e. The minimum Gasteiger partial charge on any atom is -0.451 e. The molecule has 6 nitrogen and oxygen atoms in total. The van der Waals surface area contributed by atoms with E-state index in [4.69, 9.17) is 10.5 Å². The third-order valence-corrected chi connectivity index (χ3v) is 3.00. The zero-order valence-electron chi connectivity index (χ0n) is 12.8. The fraction of sp³-hybridized carbons (Fsp3) is 0.400. The number of pyridine rings is 1. The summed E-state index contributed by atoms with van der Waals surface area (Å²) in [7, 11) is 0. The number of anilines is 2. The van der Waals surface area contributed by atoms with Crippen molar-refractivity contribution < 1.29 is 4.74 Å². The van der Waals surface area contributed by atoms with Crippen LogP contribution in [-0.4, -0.2) is 21.5 Å². The standard InChI is InChI=1S/C15H21N5O/c1-5-17-14-6-12(11(7-19-14)9(2)3)21-13-8-18-10(4)20-15(13)16/h6-9H,5H2,1-4H3,(H,17,19)(H2,16,18,20). The van der Waals surface area contributed by atoms with Gasteiger partial charge in [0.1, 0.15) is 17.4 Å². The van der Waals surface area contributed by atoms with E-state index < -0.39 is 0 Å². The molecule has 2 rings (SSSR count). The van der Waals surface area contributed by atoms with Gasteiger partial charge in [-0.3, -0.25) is 0 Å². The predicted molar refractivity (Wildman–Crippen MR) is 83.7 cm³/mol. The molecule has 0 spiro atoms. The van der Waals surface area contributed by atoms with Crippen molar-refractivity contribution in [1.82, 2.24) is 15.0 Å². The first-order valence-corrected chi connectivity index (χ1v) is 7.02. The molecule has 0 aromatic carbocycles. The van der Waals surface area contributed by atoms with Gasteiger partial charge < -0.3 is 15.8 Å². The Hall–Kier alpha value is -2.37. The van der Waals surface area contributed by atoms with Gasteiger partial charge in [-0.1, -0.05) is 13.8 Å². The Kier molecular flexibility index (Phi) is 4.57. The van der Waals surface area contributed by atoms with E-state index in [0.717, 1.165) is 23.7 Å². The molecular weight excluding hydrogens is 266 g/mol. The molecule has 0 aliphatic rings. The van der Waals surface area contributed by atoms with Crippen LogP contribution in [0, 0.1) is 6.92 Å². The van der Waals surface area contributed by atoms with Crippen molar-refractivity contribution in [2.24, 2.45) is 0 Å². The number of hydrogen-bond acceptors (Lipinski definition) is 6. The number of nitrogens with two attached hydrogens (primary N) is 1. The van der Waals surface area contributed by atoms with Crippen LogP contribution < -0.4 is 15.8 Å². The van der Waals surface area contributed by atoms with Crippen molar-refractivity contribution in [3.05, 3.63) is 29.8 Å². The Morgan fingerprint density at radius 3 is 2.62 bits per heavy atom. The van der Waals surface area contributed by atoms with E-state index in [2.05, 4.69) is 34.1 Å². The Morgan fingerprint density at radius 1 is 1.24 bits per heavy atom. The van der Waals surface area contributed by atoms with Crippen LogP contribution in [0.4, 0.5) is 11.6 Å². The van der Waals surface area contributed by atoms with Crippen LogP contribution in [0.3, 0.4) is 0 Å². The highest BCUT2D eigenvalue weighted by Gasteiger charge is 2.13. The first-order chi connectivity index (χ1) is 10.0. The van der Waals surface area contributed by atoms with E-state index in [1.54, 1.807) is 13.1 Å². The molecule has 0 bridgehead atoms. The molecule has 21 heavy (non-hydrogen) atoms. The second-order valence-corrected chi connectivity index (χ2v) is 5.06. The van der Waals surface area contributed by atoms with Crippen LogP contribution in [0.25, 0.3) is 0 Å². The van der Waals surface area contributed by atoms with Gasteiger partial charge in [-0.25, -0.2) is 15.0 Å². The second-order valence-electron chi connectivity index (χ2n) is 5.06. The van der Waals surface area contributed by atoms with Crippen LogP contribution in [0.5, 0.6) is 11.5 Å². The maximum Gasteiger partial charge on any atom is 0.187 e. The normalized spacial score (nSPS) is 10.7. The van der Waals surface area contributed by atoms with Crippen LogP contribution in [-0.2, 0) is 0 Å². The number of aryl methyl sites for hydroxylation is 1. The monoisotopic (exact) mass is 287 g/mol. The molecule has 0 unspecified atom stereocenters. The molecule has 0 aliphatic heterocycles. The third kappa shape index (κ3) is 3.59. The minimum absolute atomic E-state index is 0.288. The predicted octanol–water partition coefficient (Wildman–Crippen LogP) is 3.11. The summed E-state index contributed by atoms with van der Waals surface area (Å²) < 4.78 is 5.91. The zero-order valence-corrected chi connectivity index (χ0v) is 12.8. The molecular formula is C15H21N5O. The van der Waals surface area contributed by atoms with Gasteiger partial charge in [0, 0.05) is 24.4 Å². The highest BCUT2D eigenvalue weighted by Crippen LogP contribution is 2.33. The van der Waals surface area contributed by atoms with Crippen molar-refractivity contribution in [1.29, 1.82) is 0 Å². The average molecular weight is 287 g/mol. The summed E-state index contributed by atoms with van der Waals surface area (Å²) in [5.74, 6) is 3.18. The van der Waals surface area contributed by atoms with E-state index in [9.17, 15) is 0 Å². The number of aromatic nitrogens is 3. The lowest BCUT2D eigenvalue weighted by Crippen LogP contribution is -2.04. The molecule has 0 saturated carbocycles. The number of nitrogens with one attached hydrogen (secondary N) is 1. The van der Waals surface area contributed by atoms with Gasteiger partial charge in [0.2, 0.25) is 0 Å². The van der Waals surface area contributed by atoms with Crippen LogP contribution >= 0.6 is 0 Å². The highest BCUT2D eigenvalue weighted by atomic mass is 16.5. The van der Waals surface area contributed by atoms with Gasteiger partial charge in [-0.05, 0) is 19.8 Å². The Bertz CT molecular complexity index is 627. The van der Waals surface area contributed by atoms with Crippen LogP contribution in [0.2, 0.25) is 0 Å². The molecule has 6 heteroatoms. The summed E-state index contributed by atoms with van der Waals surface area (Å²) in [4.78, 5) is 12.6. The molecule has 2 aromatic rings. The molecule has 0 amide bonds. The first kappa shape index (κ1) is 15.0. The molecule has 0 fully saturated rings. The van der Waals surface area contributed by atoms with E-state index in [-0.39, 0.29) is 5.92 Å². The molecule has 112 valence electrons. The topological polar surface area (TPSA) is 86.0 Å². The average Bonchev–Trinajstić information content (AvgIpc) is 2.42. The van der Waals surface area contributed by atoms with Gasteiger partial charge in [-0.2, -0.15) is 0 Å². The van der Waals surface area contributed by atoms with Crippen molar-refractivity contribution in [2.45, 2.75) is 33.6 Å². The number of nitrogen functional groups attached to an aromatic ring is 1. The Labute approximate surface area is 124 Å². The zero-order chi connectivity index (χ0) is 15.4. The van der Waals surface area contributed by atoms with Gasteiger partial charge in [0.25, 0.3) is 0 Å². The van der Waals surface area contributed by atoms with E-state index in [0.29, 0.717) is 17.4 Å². The van der Waals surface area contributed by atoms with Crippen molar-refractivity contribution in [3.63, 3.8) is 0 Å². The molecule has 0 aliphatic carbocycles. The first-order valence-electron chi connectivity index (χ1n) is 7.02. The number of rotatable bonds is 5. The molecule has 2 aromatic heterocycles. The van der Waals surface area contributed by atoms with E-state index in [1.807, 2.05) is 19.2 Å². The molecule has 2 heterocycles. The van der Waals surface area contributed by atoms with E-state index >= 15 is 0 Å². The van der Waals surface area contributed by atoms with Gasteiger partial charge in [0.15, 0.2) is 11.6 Å². The molecule has 0 saturated heterocycles. The fourth-order valence-electron chi connectivity index (χ4n) is 1.92. The van der Waals surface area contributed by atoms with Gasteiger partial charge in [-0.15, -0.1) is 0 Å². The maximum atomic E-state index is 5.91. The van der Waals surface area contributed by atoms with Gasteiger partial charge in [0.05, 0.1) is 6.20 Å². The summed E-state index contributed by atoms with van der Waals surface area (Å²) in [5, 5.41) is 3.17. The second kappa shape index (κ2) is 6.39. The lowest BCUT2D eigenvalue weighted by Gasteiger charge is -2.15.